The average molecular weight is 356 g/mol. The first-order chi connectivity index (χ1) is 9.58. The molecule has 2 aromatic rings. The molecule has 0 amide bonds. The van der Waals surface area contributed by atoms with Crippen molar-refractivity contribution in [2.45, 2.75) is 31.6 Å². The summed E-state index contributed by atoms with van der Waals surface area (Å²) in [4.78, 5) is 4.67. The number of hydrogen-bond donors (Lipinski definition) is 2. The number of halogens is 2. The van der Waals surface area contributed by atoms with Gasteiger partial charge in [-0.15, -0.1) is 0 Å². The van der Waals surface area contributed by atoms with Crippen LogP contribution in [-0.4, -0.2) is 9.66 Å². The predicted molar refractivity (Wildman–Crippen MR) is 86.1 cm³/mol. The van der Waals surface area contributed by atoms with Gasteiger partial charge in [0.15, 0.2) is 5.82 Å². The minimum atomic E-state index is 0.418. The molecule has 0 aliphatic heterocycles. The zero-order chi connectivity index (χ0) is 14.3. The Kier molecular flexibility index (Phi) is 3.65. The van der Waals surface area contributed by atoms with E-state index in [1.54, 1.807) is 0 Å². The van der Waals surface area contributed by atoms with Crippen molar-refractivity contribution in [3.05, 3.63) is 33.5 Å². The summed E-state index contributed by atoms with van der Waals surface area (Å²) >= 11 is 9.52. The van der Waals surface area contributed by atoms with Crippen LogP contribution in [-0.2, 0) is 0 Å². The van der Waals surface area contributed by atoms with Crippen LogP contribution in [0.3, 0.4) is 0 Å². The van der Waals surface area contributed by atoms with Crippen molar-refractivity contribution in [1.29, 1.82) is 0 Å². The van der Waals surface area contributed by atoms with Crippen LogP contribution in [0.4, 0.5) is 5.82 Å². The Labute approximate surface area is 131 Å². The fourth-order valence-electron chi connectivity index (χ4n) is 2.79. The van der Waals surface area contributed by atoms with E-state index < -0.39 is 0 Å². The summed E-state index contributed by atoms with van der Waals surface area (Å²) in [5.41, 5.74) is 7.71. The fraction of sp³-hybridized carbons (Fsp3) is 0.357. The third-order valence-electron chi connectivity index (χ3n) is 3.89. The molecule has 20 heavy (non-hydrogen) atoms. The average Bonchev–Trinajstić information content (AvgIpc) is 3.04. The van der Waals surface area contributed by atoms with Crippen molar-refractivity contribution in [3.63, 3.8) is 0 Å². The van der Waals surface area contributed by atoms with Crippen LogP contribution >= 0.6 is 27.5 Å². The monoisotopic (exact) mass is 354 g/mol. The lowest BCUT2D eigenvalue weighted by Gasteiger charge is -2.08. The largest absolute Gasteiger partial charge is 0.382 e. The van der Waals surface area contributed by atoms with Gasteiger partial charge in [0.2, 0.25) is 0 Å². The molecule has 1 aliphatic carbocycles. The van der Waals surface area contributed by atoms with Gasteiger partial charge in [-0.3, -0.25) is 0 Å². The summed E-state index contributed by atoms with van der Waals surface area (Å²) in [5.74, 6) is 7.87. The van der Waals surface area contributed by atoms with Crippen molar-refractivity contribution in [3.8, 4) is 11.3 Å². The van der Waals surface area contributed by atoms with Crippen LogP contribution in [0.5, 0.6) is 0 Å². The van der Waals surface area contributed by atoms with Gasteiger partial charge in [-0.25, -0.2) is 9.66 Å². The van der Waals surface area contributed by atoms with Gasteiger partial charge in [0.05, 0.1) is 5.02 Å². The molecular formula is C14H16BrClN4. The quantitative estimate of drug-likeness (QED) is 0.802. The highest BCUT2D eigenvalue weighted by molar-refractivity contribution is 9.10. The Hall–Kier alpha value is -1.20. The molecule has 106 valence electrons. The maximum absolute atomic E-state index is 6.14. The normalized spacial score (nSPS) is 15.9. The minimum absolute atomic E-state index is 0.418. The molecule has 0 bridgehead atoms. The first-order valence-corrected chi connectivity index (χ1v) is 7.83. The number of nitrogens with zero attached hydrogens (tertiary/aromatic N) is 2. The highest BCUT2D eigenvalue weighted by Gasteiger charge is 2.25. The van der Waals surface area contributed by atoms with Crippen LogP contribution in [0.15, 0.2) is 22.7 Å². The maximum Gasteiger partial charge on any atom is 0.150 e. The van der Waals surface area contributed by atoms with Gasteiger partial charge in [-0.05, 0) is 40.9 Å². The molecule has 4 nitrogen and oxygen atoms in total. The highest BCUT2D eigenvalue weighted by atomic mass is 79.9. The molecular weight excluding hydrogens is 340 g/mol. The number of anilines is 1. The fourth-order valence-corrected chi connectivity index (χ4v) is 3.22. The molecule has 1 fully saturated rings. The summed E-state index contributed by atoms with van der Waals surface area (Å²) < 4.78 is 2.38. The summed E-state index contributed by atoms with van der Waals surface area (Å²) in [5, 5.41) is 0.635. The molecule has 1 heterocycles. The number of benzene rings is 1. The number of nitrogens with two attached hydrogens (primary N) is 2. The van der Waals surface area contributed by atoms with Crippen LogP contribution in [0, 0.1) is 0 Å². The van der Waals surface area contributed by atoms with Gasteiger partial charge in [-0.2, -0.15) is 0 Å². The molecule has 0 atom stereocenters. The molecule has 0 spiro atoms. The molecule has 6 heteroatoms. The van der Waals surface area contributed by atoms with E-state index in [2.05, 4.69) is 20.9 Å². The first-order valence-electron chi connectivity index (χ1n) is 6.66. The zero-order valence-corrected chi connectivity index (χ0v) is 13.3. The second-order valence-corrected chi connectivity index (χ2v) is 6.45. The van der Waals surface area contributed by atoms with Crippen molar-refractivity contribution < 1.29 is 0 Å². The van der Waals surface area contributed by atoms with E-state index in [0.29, 0.717) is 22.5 Å². The Bertz CT molecular complexity index is 647. The smallest absolute Gasteiger partial charge is 0.150 e. The summed E-state index contributed by atoms with van der Waals surface area (Å²) in [6, 6.07) is 5.68. The van der Waals surface area contributed by atoms with E-state index in [1.807, 2.05) is 18.2 Å². The second-order valence-electron chi connectivity index (χ2n) is 5.18. The lowest BCUT2D eigenvalue weighted by Crippen LogP contribution is -2.17. The standard InChI is InChI=1S/C14H16BrClN4/c15-10-6-5-9(7-11(10)16)12-13(17)20(18)14(19-12)8-3-1-2-4-8/h5-8H,1-4,17-18H2. The highest BCUT2D eigenvalue weighted by Crippen LogP contribution is 2.37. The van der Waals surface area contributed by atoms with Crippen molar-refractivity contribution >= 4 is 33.3 Å². The summed E-state index contributed by atoms with van der Waals surface area (Å²) in [6.45, 7) is 0. The number of hydrogen-bond acceptors (Lipinski definition) is 3. The van der Waals surface area contributed by atoms with Crippen molar-refractivity contribution in [2.24, 2.45) is 0 Å². The van der Waals surface area contributed by atoms with E-state index in [-0.39, 0.29) is 0 Å². The van der Waals surface area contributed by atoms with Crippen LogP contribution < -0.4 is 11.6 Å². The lowest BCUT2D eigenvalue weighted by molar-refractivity contribution is 0.648. The molecule has 1 aromatic carbocycles. The van der Waals surface area contributed by atoms with Gasteiger partial charge in [0.1, 0.15) is 11.5 Å². The topological polar surface area (TPSA) is 69.9 Å². The summed E-state index contributed by atoms with van der Waals surface area (Å²) in [6.07, 6.45) is 4.73. The molecule has 3 rings (SSSR count). The van der Waals surface area contributed by atoms with Crippen LogP contribution in [0.25, 0.3) is 11.3 Å². The maximum atomic E-state index is 6.14. The van der Waals surface area contributed by atoms with E-state index in [4.69, 9.17) is 23.2 Å². The molecule has 1 aliphatic rings. The SMILES string of the molecule is Nc1c(-c2ccc(Br)c(Cl)c2)nc(C2CCCC2)n1N. The second kappa shape index (κ2) is 5.30. The Balaban J connectivity index is 2.05. The van der Waals surface area contributed by atoms with Crippen molar-refractivity contribution in [2.75, 3.05) is 11.6 Å². The van der Waals surface area contributed by atoms with E-state index >= 15 is 0 Å². The first kappa shape index (κ1) is 13.8. The van der Waals surface area contributed by atoms with Gasteiger partial charge in [-0.1, -0.05) is 30.5 Å². The lowest BCUT2D eigenvalue weighted by atomic mass is 10.1. The Morgan fingerprint density at radius 1 is 1.30 bits per heavy atom. The number of nitrogen functional groups attached to an aromatic ring is 2. The predicted octanol–water partition coefficient (Wildman–Crippen LogP) is 3.92. The number of rotatable bonds is 2. The molecule has 1 saturated carbocycles. The minimum Gasteiger partial charge on any atom is -0.382 e. The van der Waals surface area contributed by atoms with Crippen LogP contribution in [0.1, 0.15) is 37.4 Å². The molecule has 0 radical (unpaired) electrons. The van der Waals surface area contributed by atoms with E-state index in [1.165, 1.54) is 17.5 Å². The molecule has 0 saturated heterocycles. The molecule has 1 aromatic heterocycles. The zero-order valence-electron chi connectivity index (χ0n) is 10.9. The third-order valence-corrected chi connectivity index (χ3v) is 5.12. The summed E-state index contributed by atoms with van der Waals surface area (Å²) in [7, 11) is 0. The third kappa shape index (κ3) is 2.29. The number of imidazole rings is 1. The Morgan fingerprint density at radius 2 is 2.00 bits per heavy atom. The Morgan fingerprint density at radius 3 is 2.65 bits per heavy atom. The number of aromatic nitrogens is 2. The van der Waals surface area contributed by atoms with E-state index in [9.17, 15) is 0 Å². The van der Waals surface area contributed by atoms with Gasteiger partial charge >= 0.3 is 0 Å². The van der Waals surface area contributed by atoms with Gasteiger partial charge < -0.3 is 11.6 Å². The van der Waals surface area contributed by atoms with E-state index in [0.717, 1.165) is 28.7 Å². The van der Waals surface area contributed by atoms with Gasteiger partial charge in [0.25, 0.3) is 0 Å². The molecule has 0 unspecified atom stereocenters. The van der Waals surface area contributed by atoms with Crippen LogP contribution in [0.2, 0.25) is 5.02 Å². The molecule has 4 N–H and O–H groups in total. The van der Waals surface area contributed by atoms with Crippen molar-refractivity contribution in [1.82, 2.24) is 9.66 Å². The van der Waals surface area contributed by atoms with Gasteiger partial charge in [0, 0.05) is 16.0 Å².